The minimum Gasteiger partial charge on any atom is -0.352 e. The Morgan fingerprint density at radius 1 is 1.35 bits per heavy atom. The molecule has 2 rings (SSSR count). The molecule has 2 N–H and O–H groups in total. The molecule has 1 fully saturated rings. The van der Waals surface area contributed by atoms with E-state index in [9.17, 15) is 14.9 Å². The van der Waals surface area contributed by atoms with E-state index < -0.39 is 4.92 Å². The molecule has 1 atom stereocenters. The van der Waals surface area contributed by atoms with Gasteiger partial charge in [-0.25, -0.2) is 0 Å². The summed E-state index contributed by atoms with van der Waals surface area (Å²) in [6.45, 7) is 1.82. The van der Waals surface area contributed by atoms with Gasteiger partial charge in [0.05, 0.1) is 11.3 Å². The van der Waals surface area contributed by atoms with Crippen LogP contribution in [0, 0.1) is 10.1 Å². The van der Waals surface area contributed by atoms with Gasteiger partial charge in [-0.2, -0.15) is 0 Å². The molecule has 0 aliphatic carbocycles. The number of nitro benzene ring substituents is 1. The standard InChI is InChI=1S/C14H19N3O3/c18-14(16-12-3-1-2-8-15-10-12)9-11-4-6-13(7-5-11)17(19)20/h4-7,12,15H,1-3,8-10H2,(H,16,18). The summed E-state index contributed by atoms with van der Waals surface area (Å²) < 4.78 is 0. The molecule has 108 valence electrons. The number of hydrogen-bond acceptors (Lipinski definition) is 4. The number of carbonyl (C=O) groups excluding carboxylic acids is 1. The molecule has 6 heteroatoms. The molecule has 20 heavy (non-hydrogen) atoms. The molecule has 1 aliphatic rings. The van der Waals surface area contributed by atoms with Crippen molar-refractivity contribution >= 4 is 11.6 Å². The summed E-state index contributed by atoms with van der Waals surface area (Å²) in [6, 6.07) is 6.29. The molecule has 1 heterocycles. The molecule has 1 aromatic rings. The van der Waals surface area contributed by atoms with Gasteiger partial charge in [0.2, 0.25) is 5.91 Å². The Kier molecular flexibility index (Phi) is 5.06. The molecule has 1 aliphatic heterocycles. The van der Waals surface area contributed by atoms with E-state index in [1.54, 1.807) is 12.1 Å². The highest BCUT2D eigenvalue weighted by Gasteiger charge is 2.14. The number of benzene rings is 1. The lowest BCUT2D eigenvalue weighted by Gasteiger charge is -2.16. The van der Waals surface area contributed by atoms with Gasteiger partial charge in [0.25, 0.3) is 5.69 Å². The Labute approximate surface area is 117 Å². The van der Waals surface area contributed by atoms with Crippen LogP contribution >= 0.6 is 0 Å². The second-order valence-corrected chi connectivity index (χ2v) is 5.06. The number of nitrogens with zero attached hydrogens (tertiary/aromatic N) is 1. The van der Waals surface area contributed by atoms with Crippen molar-refractivity contribution < 1.29 is 9.72 Å². The summed E-state index contributed by atoms with van der Waals surface area (Å²) in [5.74, 6) is -0.0347. The van der Waals surface area contributed by atoms with Crippen LogP contribution in [0.3, 0.4) is 0 Å². The number of carbonyl (C=O) groups is 1. The molecule has 1 unspecified atom stereocenters. The topological polar surface area (TPSA) is 84.3 Å². The highest BCUT2D eigenvalue weighted by Crippen LogP contribution is 2.12. The average molecular weight is 277 g/mol. The van der Waals surface area contributed by atoms with Crippen molar-refractivity contribution in [2.45, 2.75) is 31.7 Å². The van der Waals surface area contributed by atoms with Crippen LogP contribution in [-0.2, 0) is 11.2 Å². The number of hydrogen-bond donors (Lipinski definition) is 2. The first-order chi connectivity index (χ1) is 9.65. The largest absolute Gasteiger partial charge is 0.352 e. The van der Waals surface area contributed by atoms with E-state index in [0.717, 1.165) is 37.9 Å². The Bertz CT molecular complexity index is 465. The molecule has 0 saturated carbocycles. The second kappa shape index (κ2) is 7.00. The summed E-state index contributed by atoms with van der Waals surface area (Å²) in [4.78, 5) is 22.0. The summed E-state index contributed by atoms with van der Waals surface area (Å²) in [7, 11) is 0. The average Bonchev–Trinajstić information content (AvgIpc) is 2.68. The molecule has 1 amide bonds. The van der Waals surface area contributed by atoms with Gasteiger partial charge in [0, 0.05) is 24.7 Å². The van der Waals surface area contributed by atoms with E-state index in [1.165, 1.54) is 12.1 Å². The molecule has 0 spiro atoms. The molecular formula is C14H19N3O3. The van der Waals surface area contributed by atoms with Gasteiger partial charge in [-0.1, -0.05) is 18.6 Å². The van der Waals surface area contributed by atoms with Gasteiger partial charge in [-0.3, -0.25) is 14.9 Å². The Morgan fingerprint density at radius 2 is 2.10 bits per heavy atom. The predicted octanol–water partition coefficient (Wildman–Crippen LogP) is 1.40. The first-order valence-corrected chi connectivity index (χ1v) is 6.88. The van der Waals surface area contributed by atoms with Gasteiger partial charge in [0.1, 0.15) is 0 Å². The van der Waals surface area contributed by atoms with E-state index in [0.29, 0.717) is 0 Å². The van der Waals surface area contributed by atoms with Gasteiger partial charge in [-0.05, 0) is 24.9 Å². The number of nitrogens with one attached hydrogen (secondary N) is 2. The van der Waals surface area contributed by atoms with Gasteiger partial charge in [-0.15, -0.1) is 0 Å². The molecule has 0 radical (unpaired) electrons. The van der Waals surface area contributed by atoms with Crippen LogP contribution in [0.5, 0.6) is 0 Å². The number of rotatable bonds is 4. The van der Waals surface area contributed by atoms with Crippen LogP contribution in [0.25, 0.3) is 0 Å². The highest BCUT2D eigenvalue weighted by atomic mass is 16.6. The van der Waals surface area contributed by atoms with Crippen LogP contribution in [-0.4, -0.2) is 30.0 Å². The molecule has 6 nitrogen and oxygen atoms in total. The lowest BCUT2D eigenvalue weighted by Crippen LogP contribution is -2.41. The maximum Gasteiger partial charge on any atom is 0.269 e. The number of amides is 1. The second-order valence-electron chi connectivity index (χ2n) is 5.06. The van der Waals surface area contributed by atoms with Crippen molar-refractivity contribution in [1.29, 1.82) is 0 Å². The Morgan fingerprint density at radius 3 is 2.80 bits per heavy atom. The third-order valence-corrected chi connectivity index (χ3v) is 3.42. The fourth-order valence-corrected chi connectivity index (χ4v) is 2.34. The molecule has 1 aromatic carbocycles. The Balaban J connectivity index is 1.85. The van der Waals surface area contributed by atoms with E-state index in [1.807, 2.05) is 0 Å². The monoisotopic (exact) mass is 277 g/mol. The molecule has 1 saturated heterocycles. The van der Waals surface area contributed by atoms with E-state index in [2.05, 4.69) is 10.6 Å². The van der Waals surface area contributed by atoms with Crippen LogP contribution < -0.4 is 10.6 Å². The normalized spacial score (nSPS) is 19.1. The molecule has 0 bridgehead atoms. The highest BCUT2D eigenvalue weighted by molar-refractivity contribution is 5.78. The smallest absolute Gasteiger partial charge is 0.269 e. The maximum atomic E-state index is 11.9. The summed E-state index contributed by atoms with van der Waals surface area (Å²) >= 11 is 0. The van der Waals surface area contributed by atoms with Crippen molar-refractivity contribution in [3.8, 4) is 0 Å². The minimum absolute atomic E-state index is 0.0347. The van der Waals surface area contributed by atoms with Crippen molar-refractivity contribution in [3.63, 3.8) is 0 Å². The minimum atomic E-state index is -0.443. The van der Waals surface area contributed by atoms with E-state index in [4.69, 9.17) is 0 Å². The quantitative estimate of drug-likeness (QED) is 0.643. The zero-order valence-corrected chi connectivity index (χ0v) is 11.3. The molecular weight excluding hydrogens is 258 g/mol. The zero-order chi connectivity index (χ0) is 14.4. The summed E-state index contributed by atoms with van der Waals surface area (Å²) in [5.41, 5.74) is 0.830. The maximum absolute atomic E-state index is 11.9. The lowest BCUT2D eigenvalue weighted by atomic mass is 10.1. The third-order valence-electron chi connectivity index (χ3n) is 3.42. The Hall–Kier alpha value is -1.95. The SMILES string of the molecule is O=C(Cc1ccc([N+](=O)[O-])cc1)NC1CCCCNC1. The number of non-ortho nitro benzene ring substituents is 1. The first kappa shape index (κ1) is 14.5. The van der Waals surface area contributed by atoms with Gasteiger partial charge < -0.3 is 10.6 Å². The molecule has 0 aromatic heterocycles. The predicted molar refractivity (Wildman–Crippen MR) is 75.5 cm³/mol. The first-order valence-electron chi connectivity index (χ1n) is 6.88. The van der Waals surface area contributed by atoms with Gasteiger partial charge >= 0.3 is 0 Å². The lowest BCUT2D eigenvalue weighted by molar-refractivity contribution is -0.384. The van der Waals surface area contributed by atoms with E-state index >= 15 is 0 Å². The summed E-state index contributed by atoms with van der Waals surface area (Å²) in [6.07, 6.45) is 3.53. The van der Waals surface area contributed by atoms with Crippen molar-refractivity contribution in [2.24, 2.45) is 0 Å². The van der Waals surface area contributed by atoms with Crippen molar-refractivity contribution in [3.05, 3.63) is 39.9 Å². The fraction of sp³-hybridized carbons (Fsp3) is 0.500. The third kappa shape index (κ3) is 4.31. The zero-order valence-electron chi connectivity index (χ0n) is 11.3. The van der Waals surface area contributed by atoms with Crippen molar-refractivity contribution in [2.75, 3.05) is 13.1 Å². The number of nitro groups is 1. The van der Waals surface area contributed by atoms with Crippen LogP contribution in [0.4, 0.5) is 5.69 Å². The van der Waals surface area contributed by atoms with E-state index in [-0.39, 0.29) is 24.1 Å². The fourth-order valence-electron chi connectivity index (χ4n) is 2.34. The van der Waals surface area contributed by atoms with Crippen LogP contribution in [0.2, 0.25) is 0 Å². The van der Waals surface area contributed by atoms with Crippen LogP contribution in [0.1, 0.15) is 24.8 Å². The van der Waals surface area contributed by atoms with Crippen LogP contribution in [0.15, 0.2) is 24.3 Å². The van der Waals surface area contributed by atoms with Crippen molar-refractivity contribution in [1.82, 2.24) is 10.6 Å². The summed E-state index contributed by atoms with van der Waals surface area (Å²) in [5, 5.41) is 16.9. The van der Waals surface area contributed by atoms with Gasteiger partial charge in [0.15, 0.2) is 0 Å².